The monoisotopic (exact) mass is 257 g/mol. The number of carbonyl (C=O) groups is 1. The first kappa shape index (κ1) is 15.4. The molecule has 0 amide bonds. The van der Waals surface area contributed by atoms with Crippen LogP contribution < -0.4 is 0 Å². The van der Waals surface area contributed by atoms with Crippen molar-refractivity contribution < 1.29 is 14.6 Å². The molecule has 4 nitrogen and oxygen atoms in total. The summed E-state index contributed by atoms with van der Waals surface area (Å²) in [6.45, 7) is 6.12. The number of likely N-dealkylation sites (N-methyl/N-ethyl adjacent to an activating group) is 1. The molecule has 1 rings (SSSR count). The first-order valence-electron chi connectivity index (χ1n) is 7.08. The first-order valence-corrected chi connectivity index (χ1v) is 7.08. The normalized spacial score (nSPS) is 28.4. The number of esters is 1. The number of hydrogen-bond donors (Lipinski definition) is 1. The van der Waals surface area contributed by atoms with E-state index < -0.39 is 5.60 Å². The summed E-state index contributed by atoms with van der Waals surface area (Å²) >= 11 is 0. The highest BCUT2D eigenvalue weighted by molar-refractivity contribution is 5.72. The van der Waals surface area contributed by atoms with Crippen LogP contribution in [-0.4, -0.2) is 48.3 Å². The molecule has 1 saturated carbocycles. The Morgan fingerprint density at radius 1 is 1.39 bits per heavy atom. The average Bonchev–Trinajstić information content (AvgIpc) is 2.29. The van der Waals surface area contributed by atoms with Crippen molar-refractivity contribution in [2.75, 3.05) is 26.7 Å². The number of carbonyl (C=O) groups excluding carboxylic acids is 1. The van der Waals surface area contributed by atoms with Gasteiger partial charge < -0.3 is 14.7 Å². The number of aliphatic hydroxyl groups is 1. The minimum Gasteiger partial charge on any atom is -0.466 e. The van der Waals surface area contributed by atoms with E-state index in [0.717, 1.165) is 25.8 Å². The molecule has 0 atom stereocenters. The fraction of sp³-hybridized carbons (Fsp3) is 0.929. The lowest BCUT2D eigenvalue weighted by Crippen LogP contribution is -2.45. The molecule has 0 radical (unpaired) electrons. The van der Waals surface area contributed by atoms with Gasteiger partial charge in [0, 0.05) is 6.54 Å². The standard InChI is InChI=1S/C14H27NO3/c1-4-10-15(3)11-14(17)8-6-12(7-9-14)13(16)18-5-2/h12,17H,4-11H2,1-3H3. The second-order valence-electron chi connectivity index (χ2n) is 5.49. The summed E-state index contributed by atoms with van der Waals surface area (Å²) in [5.41, 5.74) is -0.618. The lowest BCUT2D eigenvalue weighted by Gasteiger charge is -2.37. The van der Waals surface area contributed by atoms with Gasteiger partial charge in [-0.25, -0.2) is 0 Å². The second-order valence-corrected chi connectivity index (χ2v) is 5.49. The molecule has 0 aromatic heterocycles. The molecule has 1 aliphatic rings. The van der Waals surface area contributed by atoms with Crippen LogP contribution >= 0.6 is 0 Å². The molecule has 1 fully saturated rings. The third-order valence-electron chi connectivity index (χ3n) is 3.71. The molecule has 1 aliphatic carbocycles. The third-order valence-corrected chi connectivity index (χ3v) is 3.71. The summed E-state index contributed by atoms with van der Waals surface area (Å²) in [6.07, 6.45) is 3.98. The lowest BCUT2D eigenvalue weighted by molar-refractivity contribution is -0.151. The lowest BCUT2D eigenvalue weighted by atomic mass is 9.78. The Morgan fingerprint density at radius 2 is 2.00 bits per heavy atom. The van der Waals surface area contributed by atoms with Crippen LogP contribution in [0.15, 0.2) is 0 Å². The topological polar surface area (TPSA) is 49.8 Å². The van der Waals surface area contributed by atoms with Crippen LogP contribution in [0.4, 0.5) is 0 Å². The van der Waals surface area contributed by atoms with Gasteiger partial charge in [-0.1, -0.05) is 6.92 Å². The van der Waals surface area contributed by atoms with E-state index in [-0.39, 0.29) is 11.9 Å². The summed E-state index contributed by atoms with van der Waals surface area (Å²) in [5.74, 6) is -0.108. The molecule has 0 spiro atoms. The molecule has 0 heterocycles. The van der Waals surface area contributed by atoms with Crippen molar-refractivity contribution in [1.29, 1.82) is 0 Å². The highest BCUT2D eigenvalue weighted by atomic mass is 16.5. The minimum absolute atomic E-state index is 0.0123. The molecule has 106 valence electrons. The van der Waals surface area contributed by atoms with E-state index in [1.807, 2.05) is 14.0 Å². The number of nitrogens with zero attached hydrogens (tertiary/aromatic N) is 1. The predicted molar refractivity (Wildman–Crippen MR) is 71.3 cm³/mol. The van der Waals surface area contributed by atoms with Crippen LogP contribution in [0.5, 0.6) is 0 Å². The molecular weight excluding hydrogens is 230 g/mol. The van der Waals surface area contributed by atoms with Gasteiger partial charge >= 0.3 is 5.97 Å². The predicted octanol–water partition coefficient (Wildman–Crippen LogP) is 1.81. The van der Waals surface area contributed by atoms with Crippen molar-refractivity contribution in [2.45, 2.75) is 51.6 Å². The summed E-state index contributed by atoms with van der Waals surface area (Å²) in [6, 6.07) is 0. The van der Waals surface area contributed by atoms with Crippen LogP contribution in [0.2, 0.25) is 0 Å². The molecule has 18 heavy (non-hydrogen) atoms. The minimum atomic E-state index is -0.618. The zero-order valence-corrected chi connectivity index (χ0v) is 11.9. The Labute approximate surface area is 110 Å². The number of hydrogen-bond acceptors (Lipinski definition) is 4. The van der Waals surface area contributed by atoms with E-state index in [0.29, 0.717) is 26.0 Å². The van der Waals surface area contributed by atoms with Gasteiger partial charge in [-0.2, -0.15) is 0 Å². The van der Waals surface area contributed by atoms with Gasteiger partial charge in [-0.15, -0.1) is 0 Å². The van der Waals surface area contributed by atoms with E-state index in [1.54, 1.807) is 0 Å². The van der Waals surface area contributed by atoms with Crippen molar-refractivity contribution in [2.24, 2.45) is 5.92 Å². The Hall–Kier alpha value is -0.610. The molecule has 0 bridgehead atoms. The van der Waals surface area contributed by atoms with Gasteiger partial charge in [0.2, 0.25) is 0 Å². The van der Waals surface area contributed by atoms with E-state index in [1.165, 1.54) is 0 Å². The molecule has 0 unspecified atom stereocenters. The summed E-state index contributed by atoms with van der Waals surface area (Å²) in [4.78, 5) is 13.8. The summed E-state index contributed by atoms with van der Waals surface area (Å²) < 4.78 is 5.04. The zero-order chi connectivity index (χ0) is 13.6. The van der Waals surface area contributed by atoms with Crippen LogP contribution in [0, 0.1) is 5.92 Å². The first-order chi connectivity index (χ1) is 8.50. The van der Waals surface area contributed by atoms with Gasteiger partial charge in [0.15, 0.2) is 0 Å². The Morgan fingerprint density at radius 3 is 2.50 bits per heavy atom. The molecule has 0 aromatic rings. The average molecular weight is 257 g/mol. The van der Waals surface area contributed by atoms with Gasteiger partial charge in [-0.05, 0) is 52.6 Å². The number of ether oxygens (including phenoxy) is 1. The Kier molecular flexibility index (Phi) is 6.09. The van der Waals surface area contributed by atoms with Crippen LogP contribution in [-0.2, 0) is 9.53 Å². The van der Waals surface area contributed by atoms with Gasteiger partial charge in [0.1, 0.15) is 0 Å². The molecule has 1 N–H and O–H groups in total. The maximum atomic E-state index is 11.6. The molecule has 0 aromatic carbocycles. The van der Waals surface area contributed by atoms with E-state index in [2.05, 4.69) is 11.8 Å². The van der Waals surface area contributed by atoms with Crippen LogP contribution in [0.3, 0.4) is 0 Å². The highest BCUT2D eigenvalue weighted by Crippen LogP contribution is 2.33. The fourth-order valence-electron chi connectivity index (χ4n) is 2.77. The second kappa shape index (κ2) is 7.10. The molecular formula is C14H27NO3. The SMILES string of the molecule is CCCN(C)CC1(O)CCC(C(=O)OCC)CC1. The third kappa shape index (κ3) is 4.58. The van der Waals surface area contributed by atoms with E-state index in [4.69, 9.17) is 4.74 Å². The van der Waals surface area contributed by atoms with Crippen molar-refractivity contribution in [1.82, 2.24) is 4.90 Å². The maximum Gasteiger partial charge on any atom is 0.308 e. The van der Waals surface area contributed by atoms with Gasteiger partial charge in [0.25, 0.3) is 0 Å². The van der Waals surface area contributed by atoms with Gasteiger partial charge in [0.05, 0.1) is 18.1 Å². The van der Waals surface area contributed by atoms with Crippen LogP contribution in [0.1, 0.15) is 46.0 Å². The molecule has 0 saturated heterocycles. The van der Waals surface area contributed by atoms with Gasteiger partial charge in [-0.3, -0.25) is 4.79 Å². The molecule has 0 aliphatic heterocycles. The zero-order valence-electron chi connectivity index (χ0n) is 11.9. The maximum absolute atomic E-state index is 11.6. The van der Waals surface area contributed by atoms with Crippen molar-refractivity contribution in [3.8, 4) is 0 Å². The van der Waals surface area contributed by atoms with Crippen molar-refractivity contribution in [3.63, 3.8) is 0 Å². The molecule has 4 heteroatoms. The highest BCUT2D eigenvalue weighted by Gasteiger charge is 2.36. The van der Waals surface area contributed by atoms with E-state index in [9.17, 15) is 9.90 Å². The largest absolute Gasteiger partial charge is 0.466 e. The summed E-state index contributed by atoms with van der Waals surface area (Å²) in [5, 5.41) is 10.5. The fourth-order valence-corrected chi connectivity index (χ4v) is 2.77. The summed E-state index contributed by atoms with van der Waals surface area (Å²) in [7, 11) is 2.04. The quantitative estimate of drug-likeness (QED) is 0.737. The Bertz CT molecular complexity index is 260. The smallest absolute Gasteiger partial charge is 0.308 e. The van der Waals surface area contributed by atoms with E-state index >= 15 is 0 Å². The van der Waals surface area contributed by atoms with Crippen LogP contribution in [0.25, 0.3) is 0 Å². The van der Waals surface area contributed by atoms with Crippen molar-refractivity contribution >= 4 is 5.97 Å². The number of rotatable bonds is 6. The van der Waals surface area contributed by atoms with Crippen molar-refractivity contribution in [3.05, 3.63) is 0 Å². The Balaban J connectivity index is 2.39.